The maximum atomic E-state index is 12.8. The SMILES string of the molecule is CN(C)[C@@H](CNCc1c(OC(F)F)ccc2ccccc12)c1cccs1. The number of alkyl halides is 2. The molecule has 26 heavy (non-hydrogen) atoms. The highest BCUT2D eigenvalue weighted by Gasteiger charge is 2.17. The molecule has 0 fully saturated rings. The lowest BCUT2D eigenvalue weighted by molar-refractivity contribution is -0.0503. The summed E-state index contributed by atoms with van der Waals surface area (Å²) in [6.07, 6.45) is 0. The summed E-state index contributed by atoms with van der Waals surface area (Å²) in [5, 5.41) is 7.41. The molecule has 2 aromatic carbocycles. The maximum Gasteiger partial charge on any atom is 0.387 e. The Morgan fingerprint density at radius 1 is 1.08 bits per heavy atom. The predicted octanol–water partition coefficient (Wildman–Crippen LogP) is 4.90. The normalized spacial score (nSPS) is 12.8. The topological polar surface area (TPSA) is 24.5 Å². The molecule has 3 nitrogen and oxygen atoms in total. The number of fused-ring (bicyclic) bond motifs is 1. The van der Waals surface area contributed by atoms with Crippen molar-refractivity contribution >= 4 is 22.1 Å². The second-order valence-corrected chi connectivity index (χ2v) is 7.25. The molecule has 0 aliphatic carbocycles. The largest absolute Gasteiger partial charge is 0.434 e. The van der Waals surface area contributed by atoms with Gasteiger partial charge in [-0.3, -0.25) is 0 Å². The highest BCUT2D eigenvalue weighted by Crippen LogP contribution is 2.29. The van der Waals surface area contributed by atoms with Gasteiger partial charge >= 0.3 is 6.61 Å². The minimum Gasteiger partial charge on any atom is -0.434 e. The second kappa shape index (κ2) is 8.58. The monoisotopic (exact) mass is 376 g/mol. The Morgan fingerprint density at radius 3 is 2.58 bits per heavy atom. The molecule has 1 N–H and O–H groups in total. The molecule has 3 rings (SSSR count). The van der Waals surface area contributed by atoms with E-state index in [0.717, 1.165) is 16.3 Å². The Balaban J connectivity index is 1.80. The van der Waals surface area contributed by atoms with E-state index in [-0.39, 0.29) is 11.8 Å². The number of nitrogens with one attached hydrogen (secondary N) is 1. The zero-order valence-corrected chi connectivity index (χ0v) is 15.6. The minimum atomic E-state index is -2.84. The average molecular weight is 376 g/mol. The van der Waals surface area contributed by atoms with E-state index in [1.807, 2.05) is 50.5 Å². The number of hydrogen-bond acceptors (Lipinski definition) is 4. The first-order valence-electron chi connectivity index (χ1n) is 8.42. The summed E-state index contributed by atoms with van der Waals surface area (Å²) in [5.74, 6) is 0.226. The Hall–Kier alpha value is -2.02. The average Bonchev–Trinajstić information content (AvgIpc) is 3.13. The lowest BCUT2D eigenvalue weighted by Crippen LogP contribution is -2.30. The standard InChI is InChI=1S/C20H22F2N2OS/c1-24(2)17(19-8-5-11-26-19)13-23-12-16-15-7-4-3-6-14(15)9-10-18(16)25-20(21)22/h3-11,17,20,23H,12-13H2,1-2H3/t17-/m0/s1. The van der Waals surface area contributed by atoms with E-state index >= 15 is 0 Å². The van der Waals surface area contributed by atoms with Crippen LogP contribution in [0.15, 0.2) is 53.9 Å². The van der Waals surface area contributed by atoms with Crippen LogP contribution >= 0.6 is 11.3 Å². The molecule has 138 valence electrons. The van der Waals surface area contributed by atoms with Gasteiger partial charge in [0.15, 0.2) is 0 Å². The lowest BCUT2D eigenvalue weighted by atomic mass is 10.0. The molecule has 0 saturated carbocycles. The first kappa shape index (κ1) is 18.8. The Labute approximate surface area is 156 Å². The third kappa shape index (κ3) is 4.38. The van der Waals surface area contributed by atoms with E-state index in [1.54, 1.807) is 17.4 Å². The van der Waals surface area contributed by atoms with E-state index in [9.17, 15) is 8.78 Å². The van der Waals surface area contributed by atoms with Crippen molar-refractivity contribution in [1.82, 2.24) is 10.2 Å². The molecule has 0 amide bonds. The van der Waals surface area contributed by atoms with Crippen LogP contribution in [-0.4, -0.2) is 32.2 Å². The van der Waals surface area contributed by atoms with Crippen LogP contribution in [0.5, 0.6) is 5.75 Å². The first-order chi connectivity index (χ1) is 12.6. The summed E-state index contributed by atoms with van der Waals surface area (Å²) in [6.45, 7) is -1.67. The van der Waals surface area contributed by atoms with Crippen molar-refractivity contribution in [3.8, 4) is 5.75 Å². The van der Waals surface area contributed by atoms with E-state index in [2.05, 4.69) is 21.7 Å². The number of likely N-dealkylation sites (N-methyl/N-ethyl adjacent to an activating group) is 1. The van der Waals surface area contributed by atoms with E-state index < -0.39 is 6.61 Å². The van der Waals surface area contributed by atoms with Crippen molar-refractivity contribution in [3.05, 3.63) is 64.4 Å². The Bertz CT molecular complexity index is 837. The van der Waals surface area contributed by atoms with Gasteiger partial charge in [0.2, 0.25) is 0 Å². The van der Waals surface area contributed by atoms with Crippen molar-refractivity contribution in [2.24, 2.45) is 0 Å². The molecular formula is C20H22F2N2OS. The Morgan fingerprint density at radius 2 is 1.88 bits per heavy atom. The van der Waals surface area contributed by atoms with Crippen LogP contribution in [0.3, 0.4) is 0 Å². The Kier molecular flexibility index (Phi) is 6.19. The van der Waals surface area contributed by atoms with Gasteiger partial charge in [-0.2, -0.15) is 8.78 Å². The van der Waals surface area contributed by atoms with E-state index in [0.29, 0.717) is 13.1 Å². The fourth-order valence-electron chi connectivity index (χ4n) is 3.06. The van der Waals surface area contributed by atoms with Crippen molar-refractivity contribution in [2.45, 2.75) is 19.2 Å². The fraction of sp³-hybridized carbons (Fsp3) is 0.300. The van der Waals surface area contributed by atoms with Crippen LogP contribution in [-0.2, 0) is 6.54 Å². The number of benzene rings is 2. The van der Waals surface area contributed by atoms with Crippen molar-refractivity contribution in [1.29, 1.82) is 0 Å². The predicted molar refractivity (Wildman–Crippen MR) is 103 cm³/mol. The molecule has 6 heteroatoms. The third-order valence-electron chi connectivity index (χ3n) is 4.35. The van der Waals surface area contributed by atoms with Gasteiger partial charge in [-0.15, -0.1) is 11.3 Å². The van der Waals surface area contributed by atoms with E-state index in [1.165, 1.54) is 4.88 Å². The molecule has 3 aromatic rings. The molecule has 0 unspecified atom stereocenters. The number of ether oxygens (including phenoxy) is 1. The molecule has 0 aliphatic rings. The third-order valence-corrected chi connectivity index (χ3v) is 5.32. The summed E-state index contributed by atoms with van der Waals surface area (Å²) in [7, 11) is 4.07. The highest BCUT2D eigenvalue weighted by atomic mass is 32.1. The van der Waals surface area contributed by atoms with Crippen LogP contribution in [0.1, 0.15) is 16.5 Å². The van der Waals surface area contributed by atoms with Gasteiger partial charge in [0.1, 0.15) is 5.75 Å². The van der Waals surface area contributed by atoms with Crippen LogP contribution in [0.4, 0.5) is 8.78 Å². The van der Waals surface area contributed by atoms with Gasteiger partial charge in [0, 0.05) is 23.5 Å². The molecule has 0 saturated heterocycles. The van der Waals surface area contributed by atoms with Gasteiger partial charge in [-0.05, 0) is 42.4 Å². The van der Waals surface area contributed by atoms with Gasteiger partial charge < -0.3 is 15.0 Å². The molecule has 0 spiro atoms. The molecule has 1 atom stereocenters. The van der Waals surface area contributed by atoms with Gasteiger partial charge in [0.25, 0.3) is 0 Å². The summed E-state index contributed by atoms with van der Waals surface area (Å²) in [6, 6.07) is 15.6. The number of rotatable bonds is 8. The highest BCUT2D eigenvalue weighted by molar-refractivity contribution is 7.10. The van der Waals surface area contributed by atoms with Crippen molar-refractivity contribution in [2.75, 3.05) is 20.6 Å². The number of halogens is 2. The second-order valence-electron chi connectivity index (χ2n) is 6.27. The lowest BCUT2D eigenvalue weighted by Gasteiger charge is -2.24. The fourth-order valence-corrected chi connectivity index (χ4v) is 3.98. The summed E-state index contributed by atoms with van der Waals surface area (Å²) in [4.78, 5) is 3.42. The zero-order chi connectivity index (χ0) is 18.5. The first-order valence-corrected chi connectivity index (χ1v) is 9.30. The van der Waals surface area contributed by atoms with Crippen LogP contribution in [0.2, 0.25) is 0 Å². The van der Waals surface area contributed by atoms with E-state index in [4.69, 9.17) is 4.74 Å². The summed E-state index contributed by atoms with van der Waals surface area (Å²) < 4.78 is 30.3. The van der Waals surface area contributed by atoms with Crippen molar-refractivity contribution in [3.63, 3.8) is 0 Å². The summed E-state index contributed by atoms with van der Waals surface area (Å²) in [5.41, 5.74) is 0.757. The van der Waals surface area contributed by atoms with Gasteiger partial charge in [-0.1, -0.05) is 36.4 Å². The molecule has 1 aromatic heterocycles. The van der Waals surface area contributed by atoms with Gasteiger partial charge in [0.05, 0.1) is 6.04 Å². The zero-order valence-electron chi connectivity index (χ0n) is 14.8. The molecule has 0 aliphatic heterocycles. The smallest absolute Gasteiger partial charge is 0.387 e. The summed E-state index contributed by atoms with van der Waals surface area (Å²) >= 11 is 1.71. The quantitative estimate of drug-likeness (QED) is 0.605. The number of thiophene rings is 1. The van der Waals surface area contributed by atoms with Crippen LogP contribution < -0.4 is 10.1 Å². The number of nitrogens with zero attached hydrogens (tertiary/aromatic N) is 1. The molecular weight excluding hydrogens is 354 g/mol. The van der Waals surface area contributed by atoms with Crippen LogP contribution in [0, 0.1) is 0 Å². The van der Waals surface area contributed by atoms with Crippen molar-refractivity contribution < 1.29 is 13.5 Å². The maximum absolute atomic E-state index is 12.8. The molecule has 0 radical (unpaired) electrons. The van der Waals surface area contributed by atoms with Gasteiger partial charge in [-0.25, -0.2) is 0 Å². The van der Waals surface area contributed by atoms with Crippen LogP contribution in [0.25, 0.3) is 10.8 Å². The minimum absolute atomic E-state index is 0.226. The molecule has 0 bridgehead atoms. The number of hydrogen-bond donors (Lipinski definition) is 1. The molecule has 1 heterocycles.